The van der Waals surface area contributed by atoms with Crippen LogP contribution in [-0.2, 0) is 4.79 Å². The van der Waals surface area contributed by atoms with E-state index in [1.807, 2.05) is 0 Å². The lowest BCUT2D eigenvalue weighted by Gasteiger charge is -2.19. The van der Waals surface area contributed by atoms with Crippen LogP contribution in [0.4, 0.5) is 13.6 Å². The molecular weight excluding hydrogens is 342 g/mol. The second kappa shape index (κ2) is 7.13. The fraction of sp³-hybridized carbons (Fsp3) is 0.0714. The Morgan fingerprint density at radius 3 is 2.21 bits per heavy atom. The third-order valence-electron chi connectivity index (χ3n) is 2.87. The van der Waals surface area contributed by atoms with E-state index in [1.165, 1.54) is 6.08 Å². The lowest BCUT2D eigenvalue weighted by molar-refractivity contribution is -0.114. The molecule has 1 aromatic carbocycles. The van der Waals surface area contributed by atoms with Gasteiger partial charge in [-0.1, -0.05) is 11.8 Å². The van der Waals surface area contributed by atoms with Crippen LogP contribution in [-0.4, -0.2) is 17.8 Å². The van der Waals surface area contributed by atoms with Crippen LogP contribution in [0, 0.1) is 11.6 Å². The highest BCUT2D eigenvalue weighted by atomic mass is 32.2. The molecule has 0 radical (unpaired) electrons. The van der Waals surface area contributed by atoms with Crippen molar-refractivity contribution in [3.05, 3.63) is 57.1 Å². The first-order valence-electron chi connectivity index (χ1n) is 6.51. The van der Waals surface area contributed by atoms with Crippen molar-refractivity contribution in [3.63, 3.8) is 0 Å². The lowest BCUT2D eigenvalue weighted by atomic mass is 10.2. The summed E-state index contributed by atoms with van der Waals surface area (Å²) >= 11 is 0.836. The van der Waals surface area contributed by atoms with E-state index in [9.17, 15) is 23.2 Å². The first-order valence-corrected chi connectivity index (χ1v) is 7.32. The Morgan fingerprint density at radius 2 is 1.67 bits per heavy atom. The highest BCUT2D eigenvalue weighted by Crippen LogP contribution is 2.31. The van der Waals surface area contributed by atoms with Crippen molar-refractivity contribution in [2.45, 2.75) is 6.42 Å². The molecule has 7 nitrogen and oxygen atoms in total. The lowest BCUT2D eigenvalue weighted by Crippen LogP contribution is -2.33. The van der Waals surface area contributed by atoms with Crippen LogP contribution < -0.4 is 22.1 Å². The second-order valence-electron chi connectivity index (χ2n) is 4.65. The summed E-state index contributed by atoms with van der Waals surface area (Å²) < 4.78 is 26.3. The number of amides is 4. The van der Waals surface area contributed by atoms with Gasteiger partial charge < -0.3 is 22.1 Å². The maximum atomic E-state index is 13.2. The zero-order valence-electron chi connectivity index (χ0n) is 12.1. The van der Waals surface area contributed by atoms with Crippen molar-refractivity contribution in [2.24, 2.45) is 11.5 Å². The first kappa shape index (κ1) is 17.5. The van der Waals surface area contributed by atoms with Crippen molar-refractivity contribution >= 4 is 29.6 Å². The largest absolute Gasteiger partial charge is 0.366 e. The molecule has 0 aliphatic carbocycles. The third kappa shape index (κ3) is 4.32. The van der Waals surface area contributed by atoms with Gasteiger partial charge in [0.05, 0.1) is 15.6 Å². The molecule has 2 rings (SSSR count). The maximum absolute atomic E-state index is 13.2. The number of urea groups is 1. The number of carbonyl (C=O) groups excluding carboxylic acids is 3. The van der Waals surface area contributed by atoms with Gasteiger partial charge in [-0.3, -0.25) is 9.59 Å². The van der Waals surface area contributed by atoms with Crippen LogP contribution in [0.5, 0.6) is 0 Å². The molecule has 0 saturated carbocycles. The molecule has 0 bridgehead atoms. The SMILES string of the molecule is NC(=O)NC1=C(C(N)=O)CC=C(NC(=O)c2cc(F)cc(F)c2)S1. The number of rotatable bonds is 4. The van der Waals surface area contributed by atoms with Crippen molar-refractivity contribution in [1.82, 2.24) is 10.6 Å². The van der Waals surface area contributed by atoms with Crippen LogP contribution >= 0.6 is 11.8 Å². The van der Waals surface area contributed by atoms with E-state index < -0.39 is 29.5 Å². The number of carbonyl (C=O) groups is 3. The van der Waals surface area contributed by atoms with Gasteiger partial charge in [0, 0.05) is 18.1 Å². The normalized spacial score (nSPS) is 14.0. The molecule has 0 saturated heterocycles. The zero-order valence-corrected chi connectivity index (χ0v) is 12.9. The van der Waals surface area contributed by atoms with Gasteiger partial charge >= 0.3 is 6.03 Å². The zero-order chi connectivity index (χ0) is 17.9. The van der Waals surface area contributed by atoms with Gasteiger partial charge in [-0.2, -0.15) is 0 Å². The molecule has 1 aliphatic rings. The Balaban J connectivity index is 2.15. The number of allylic oxidation sites excluding steroid dienone is 1. The smallest absolute Gasteiger partial charge is 0.317 e. The number of nitrogens with one attached hydrogen (secondary N) is 2. The summed E-state index contributed by atoms with van der Waals surface area (Å²) in [5.74, 6) is -3.29. The van der Waals surface area contributed by atoms with Crippen molar-refractivity contribution in [1.29, 1.82) is 0 Å². The predicted molar refractivity (Wildman–Crippen MR) is 83.1 cm³/mol. The molecule has 24 heavy (non-hydrogen) atoms. The monoisotopic (exact) mass is 354 g/mol. The number of thioether (sulfide) groups is 1. The molecule has 6 N–H and O–H groups in total. The molecule has 126 valence electrons. The Bertz CT molecular complexity index is 772. The molecule has 0 unspecified atom stereocenters. The van der Waals surface area contributed by atoms with Gasteiger partial charge in [0.25, 0.3) is 5.91 Å². The minimum Gasteiger partial charge on any atom is -0.366 e. The van der Waals surface area contributed by atoms with Gasteiger partial charge in [0.1, 0.15) is 11.6 Å². The van der Waals surface area contributed by atoms with Crippen molar-refractivity contribution in [3.8, 4) is 0 Å². The molecular formula is C14H12F2N4O3S. The van der Waals surface area contributed by atoms with Gasteiger partial charge in [-0.05, 0) is 18.2 Å². The fourth-order valence-electron chi connectivity index (χ4n) is 1.87. The number of benzene rings is 1. The molecule has 1 heterocycles. The maximum Gasteiger partial charge on any atom is 0.317 e. The number of primary amides is 2. The molecule has 1 aromatic rings. The summed E-state index contributed by atoms with van der Waals surface area (Å²) in [6, 6.07) is 1.48. The van der Waals surface area contributed by atoms with Gasteiger partial charge in [0.2, 0.25) is 5.91 Å². The Labute approximate surface area is 139 Å². The molecule has 10 heteroatoms. The third-order valence-corrected chi connectivity index (χ3v) is 3.91. The highest BCUT2D eigenvalue weighted by Gasteiger charge is 2.22. The van der Waals surface area contributed by atoms with Crippen molar-refractivity contribution in [2.75, 3.05) is 0 Å². The van der Waals surface area contributed by atoms with Gasteiger partial charge in [-0.25, -0.2) is 13.6 Å². The van der Waals surface area contributed by atoms with Crippen LogP contribution in [0.1, 0.15) is 16.8 Å². The number of hydrogen-bond acceptors (Lipinski definition) is 4. The van der Waals surface area contributed by atoms with E-state index in [0.717, 1.165) is 23.9 Å². The van der Waals surface area contributed by atoms with Crippen molar-refractivity contribution < 1.29 is 23.2 Å². The molecule has 4 amide bonds. The topological polar surface area (TPSA) is 127 Å². The van der Waals surface area contributed by atoms with E-state index in [-0.39, 0.29) is 27.6 Å². The average Bonchev–Trinajstić information content (AvgIpc) is 2.45. The van der Waals surface area contributed by atoms with Crippen LogP contribution in [0.2, 0.25) is 0 Å². The minimum absolute atomic E-state index is 0.0467. The Morgan fingerprint density at radius 1 is 1.04 bits per heavy atom. The molecule has 0 spiro atoms. The quantitative estimate of drug-likeness (QED) is 0.644. The van der Waals surface area contributed by atoms with Crippen LogP contribution in [0.15, 0.2) is 39.9 Å². The number of halogens is 2. The summed E-state index contributed by atoms with van der Waals surface area (Å²) in [6.45, 7) is 0. The first-order chi connectivity index (χ1) is 11.3. The van der Waals surface area contributed by atoms with Gasteiger partial charge in [0.15, 0.2) is 0 Å². The molecule has 0 aromatic heterocycles. The van der Waals surface area contributed by atoms with Gasteiger partial charge in [-0.15, -0.1) is 0 Å². The van der Waals surface area contributed by atoms with E-state index in [4.69, 9.17) is 11.5 Å². The molecule has 0 fully saturated rings. The van der Waals surface area contributed by atoms with Crippen LogP contribution in [0.3, 0.4) is 0 Å². The average molecular weight is 354 g/mol. The fourth-order valence-corrected chi connectivity index (χ4v) is 2.86. The summed E-state index contributed by atoms with van der Waals surface area (Å²) in [5.41, 5.74) is 10.1. The second-order valence-corrected chi connectivity index (χ2v) is 5.70. The molecule has 1 aliphatic heterocycles. The van der Waals surface area contributed by atoms with Crippen LogP contribution in [0.25, 0.3) is 0 Å². The Hall–Kier alpha value is -2.88. The predicted octanol–water partition coefficient (Wildman–Crippen LogP) is 1.04. The van der Waals surface area contributed by atoms with E-state index in [1.54, 1.807) is 0 Å². The number of nitrogens with two attached hydrogens (primary N) is 2. The molecule has 0 atom stereocenters. The van der Waals surface area contributed by atoms with E-state index >= 15 is 0 Å². The number of hydrogen-bond donors (Lipinski definition) is 4. The van der Waals surface area contributed by atoms with E-state index in [0.29, 0.717) is 6.07 Å². The highest BCUT2D eigenvalue weighted by molar-refractivity contribution is 8.06. The summed E-state index contributed by atoms with van der Waals surface area (Å²) in [4.78, 5) is 34.4. The van der Waals surface area contributed by atoms with E-state index in [2.05, 4.69) is 10.6 Å². The minimum atomic E-state index is -0.906. The Kier molecular flexibility index (Phi) is 5.19. The standard InChI is InChI=1S/C14H12F2N4O3S/c15-7-3-6(4-8(16)5-7)12(22)19-10-2-1-9(11(17)21)13(24-10)20-14(18)23/h2-5H,1H2,(H2,17,21)(H,19,22)(H3,18,20,23). The summed E-state index contributed by atoms with van der Waals surface area (Å²) in [7, 11) is 0. The summed E-state index contributed by atoms with van der Waals surface area (Å²) in [5, 5.41) is 5.00. The summed E-state index contributed by atoms with van der Waals surface area (Å²) in [6.07, 6.45) is 1.52.